The van der Waals surface area contributed by atoms with Crippen LogP contribution in [-0.4, -0.2) is 15.5 Å². The second-order valence-electron chi connectivity index (χ2n) is 5.90. The summed E-state index contributed by atoms with van der Waals surface area (Å²) in [5.41, 5.74) is 3.19. The van der Waals surface area contributed by atoms with Gasteiger partial charge in [-0.3, -0.25) is 4.79 Å². The summed E-state index contributed by atoms with van der Waals surface area (Å²) >= 11 is 1.65. The van der Waals surface area contributed by atoms with Crippen molar-refractivity contribution < 1.29 is 4.79 Å². The molecular weight excluding hydrogens is 306 g/mol. The molecular formula is C18H21N3OS. The number of carbonyl (C=O) groups is 1. The van der Waals surface area contributed by atoms with E-state index in [0.29, 0.717) is 6.54 Å². The maximum absolute atomic E-state index is 12.5. The first kappa shape index (κ1) is 15.7. The highest BCUT2D eigenvalue weighted by molar-refractivity contribution is 7.11. The summed E-state index contributed by atoms with van der Waals surface area (Å²) in [4.78, 5) is 18.0. The molecule has 0 aliphatic rings. The van der Waals surface area contributed by atoms with Gasteiger partial charge >= 0.3 is 0 Å². The Morgan fingerprint density at radius 3 is 2.74 bits per heavy atom. The van der Waals surface area contributed by atoms with Crippen molar-refractivity contribution in [1.29, 1.82) is 0 Å². The largest absolute Gasteiger partial charge is 0.347 e. The molecule has 2 heterocycles. The standard InChI is InChI=1S/C18H21N3OS/c1-11-9-15-7-5-6-8-16(15)21(11)10-17(22)20-13(3)18-12(2)19-14(4)23-18/h5-9,13H,10H2,1-4H3,(H,20,22)/t13-/m0/s1. The van der Waals surface area contributed by atoms with E-state index in [2.05, 4.69) is 33.1 Å². The lowest BCUT2D eigenvalue weighted by atomic mass is 10.2. The van der Waals surface area contributed by atoms with Crippen molar-refractivity contribution in [2.24, 2.45) is 0 Å². The average molecular weight is 327 g/mol. The Labute approximate surface area is 140 Å². The fourth-order valence-electron chi connectivity index (χ4n) is 3.00. The van der Waals surface area contributed by atoms with Crippen LogP contribution in [0.15, 0.2) is 30.3 Å². The van der Waals surface area contributed by atoms with Crippen LogP contribution in [0.4, 0.5) is 0 Å². The van der Waals surface area contributed by atoms with Gasteiger partial charge in [0.2, 0.25) is 5.91 Å². The number of aromatic nitrogens is 2. The Balaban J connectivity index is 1.76. The molecule has 1 atom stereocenters. The molecule has 3 aromatic rings. The first-order valence-corrected chi connectivity index (χ1v) is 8.55. The molecule has 1 aromatic carbocycles. The predicted octanol–water partition coefficient (Wildman–Crippen LogP) is 3.90. The van der Waals surface area contributed by atoms with E-state index >= 15 is 0 Å². The van der Waals surface area contributed by atoms with Crippen molar-refractivity contribution in [2.45, 2.75) is 40.3 Å². The van der Waals surface area contributed by atoms with Crippen LogP contribution in [0.1, 0.15) is 34.2 Å². The minimum absolute atomic E-state index is 0.0177. The van der Waals surface area contributed by atoms with Gasteiger partial charge in [-0.05, 0) is 45.2 Å². The maximum atomic E-state index is 12.5. The number of carbonyl (C=O) groups excluding carboxylic acids is 1. The van der Waals surface area contributed by atoms with E-state index in [-0.39, 0.29) is 11.9 Å². The van der Waals surface area contributed by atoms with Gasteiger partial charge in [-0.15, -0.1) is 11.3 Å². The van der Waals surface area contributed by atoms with Gasteiger partial charge in [0.05, 0.1) is 16.7 Å². The third-order valence-electron chi connectivity index (χ3n) is 4.03. The van der Waals surface area contributed by atoms with E-state index in [1.165, 1.54) is 5.39 Å². The molecule has 1 N–H and O–H groups in total. The molecule has 2 aromatic heterocycles. The SMILES string of the molecule is Cc1nc(C)c([C@H](C)NC(=O)Cn2c(C)cc3ccccc32)s1. The third-order valence-corrected chi connectivity index (χ3v) is 5.29. The lowest BCUT2D eigenvalue weighted by Crippen LogP contribution is -2.30. The van der Waals surface area contributed by atoms with Crippen LogP contribution in [0.25, 0.3) is 10.9 Å². The van der Waals surface area contributed by atoms with Crippen LogP contribution < -0.4 is 5.32 Å². The highest BCUT2D eigenvalue weighted by atomic mass is 32.1. The number of benzene rings is 1. The number of para-hydroxylation sites is 1. The second kappa shape index (κ2) is 6.16. The summed E-state index contributed by atoms with van der Waals surface area (Å²) in [6.07, 6.45) is 0. The molecule has 0 unspecified atom stereocenters. The molecule has 5 heteroatoms. The van der Waals surface area contributed by atoms with Gasteiger partial charge in [0.25, 0.3) is 0 Å². The minimum atomic E-state index is -0.0177. The molecule has 0 saturated carbocycles. The minimum Gasteiger partial charge on any atom is -0.347 e. The summed E-state index contributed by atoms with van der Waals surface area (Å²) in [7, 11) is 0. The Morgan fingerprint density at radius 2 is 2.04 bits per heavy atom. The lowest BCUT2D eigenvalue weighted by molar-refractivity contribution is -0.122. The number of nitrogens with one attached hydrogen (secondary N) is 1. The highest BCUT2D eigenvalue weighted by Crippen LogP contribution is 2.24. The van der Waals surface area contributed by atoms with Crippen LogP contribution >= 0.6 is 11.3 Å². The number of hydrogen-bond acceptors (Lipinski definition) is 3. The zero-order valence-corrected chi connectivity index (χ0v) is 14.7. The van der Waals surface area contributed by atoms with Gasteiger partial charge in [0, 0.05) is 16.1 Å². The zero-order valence-electron chi connectivity index (χ0n) is 13.9. The summed E-state index contributed by atoms with van der Waals surface area (Å²) in [5, 5.41) is 5.29. The fraction of sp³-hybridized carbons (Fsp3) is 0.333. The number of amides is 1. The van der Waals surface area contributed by atoms with Crippen LogP contribution in [0.5, 0.6) is 0 Å². The van der Waals surface area contributed by atoms with E-state index in [0.717, 1.165) is 26.8 Å². The molecule has 0 bridgehead atoms. The van der Waals surface area contributed by atoms with Crippen molar-refractivity contribution in [3.63, 3.8) is 0 Å². The average Bonchev–Trinajstić information content (AvgIpc) is 2.99. The zero-order chi connectivity index (χ0) is 16.6. The first-order chi connectivity index (χ1) is 11.0. The molecule has 0 spiro atoms. The smallest absolute Gasteiger partial charge is 0.240 e. The van der Waals surface area contributed by atoms with Crippen molar-refractivity contribution in [3.8, 4) is 0 Å². The van der Waals surface area contributed by atoms with Gasteiger partial charge in [0.1, 0.15) is 6.54 Å². The lowest BCUT2D eigenvalue weighted by Gasteiger charge is -2.14. The van der Waals surface area contributed by atoms with E-state index < -0.39 is 0 Å². The van der Waals surface area contributed by atoms with Gasteiger partial charge in [-0.25, -0.2) is 4.98 Å². The molecule has 0 fully saturated rings. The molecule has 0 radical (unpaired) electrons. The molecule has 3 rings (SSSR count). The van der Waals surface area contributed by atoms with Crippen LogP contribution in [0, 0.1) is 20.8 Å². The monoisotopic (exact) mass is 327 g/mol. The van der Waals surface area contributed by atoms with Gasteiger partial charge in [-0.1, -0.05) is 18.2 Å². The number of hydrogen-bond donors (Lipinski definition) is 1. The first-order valence-electron chi connectivity index (χ1n) is 7.74. The second-order valence-corrected chi connectivity index (χ2v) is 7.14. The van der Waals surface area contributed by atoms with Crippen molar-refractivity contribution in [3.05, 3.63) is 51.6 Å². The molecule has 4 nitrogen and oxygen atoms in total. The van der Waals surface area contributed by atoms with Crippen LogP contribution in [0.2, 0.25) is 0 Å². The normalized spacial score (nSPS) is 12.5. The molecule has 1 amide bonds. The van der Waals surface area contributed by atoms with Gasteiger partial charge < -0.3 is 9.88 Å². The van der Waals surface area contributed by atoms with E-state index in [9.17, 15) is 4.79 Å². The van der Waals surface area contributed by atoms with Gasteiger partial charge in [0.15, 0.2) is 0 Å². The number of rotatable bonds is 4. The van der Waals surface area contributed by atoms with E-state index in [1.807, 2.05) is 39.8 Å². The Hall–Kier alpha value is -2.14. The Morgan fingerprint density at radius 1 is 1.30 bits per heavy atom. The summed E-state index contributed by atoms with van der Waals surface area (Å²) in [5.74, 6) is 0.0207. The molecule has 0 aliphatic heterocycles. The predicted molar refractivity (Wildman–Crippen MR) is 94.8 cm³/mol. The Kier molecular flexibility index (Phi) is 4.22. The van der Waals surface area contributed by atoms with Crippen LogP contribution in [-0.2, 0) is 11.3 Å². The van der Waals surface area contributed by atoms with E-state index in [4.69, 9.17) is 0 Å². The number of fused-ring (bicyclic) bond motifs is 1. The fourth-order valence-corrected chi connectivity index (χ4v) is 3.93. The number of nitrogens with zero attached hydrogens (tertiary/aromatic N) is 2. The Bertz CT molecular complexity index is 862. The van der Waals surface area contributed by atoms with Crippen molar-refractivity contribution in [2.75, 3.05) is 0 Å². The van der Waals surface area contributed by atoms with E-state index in [1.54, 1.807) is 11.3 Å². The van der Waals surface area contributed by atoms with Crippen molar-refractivity contribution >= 4 is 28.1 Å². The highest BCUT2D eigenvalue weighted by Gasteiger charge is 2.16. The van der Waals surface area contributed by atoms with Gasteiger partial charge in [-0.2, -0.15) is 0 Å². The topological polar surface area (TPSA) is 46.9 Å². The summed E-state index contributed by atoms with van der Waals surface area (Å²) in [6.45, 7) is 8.36. The third kappa shape index (κ3) is 3.15. The number of aryl methyl sites for hydroxylation is 3. The quantitative estimate of drug-likeness (QED) is 0.790. The molecule has 23 heavy (non-hydrogen) atoms. The number of thiazole rings is 1. The summed E-state index contributed by atoms with van der Waals surface area (Å²) in [6, 6.07) is 10.2. The van der Waals surface area contributed by atoms with Crippen LogP contribution in [0.3, 0.4) is 0 Å². The van der Waals surface area contributed by atoms with Crippen molar-refractivity contribution in [1.82, 2.24) is 14.9 Å². The molecule has 0 saturated heterocycles. The molecule has 120 valence electrons. The maximum Gasteiger partial charge on any atom is 0.240 e. The molecule has 0 aliphatic carbocycles. The summed E-state index contributed by atoms with van der Waals surface area (Å²) < 4.78 is 2.06.